The van der Waals surface area contributed by atoms with E-state index in [1.807, 2.05) is 0 Å². The SMILES string of the molecule is CC(C)COCCn1ccc2cc(CCN)ccc21. The zero-order valence-corrected chi connectivity index (χ0v) is 11.9. The van der Waals surface area contributed by atoms with E-state index in [9.17, 15) is 0 Å². The summed E-state index contributed by atoms with van der Waals surface area (Å²) in [6, 6.07) is 8.74. The lowest BCUT2D eigenvalue weighted by Crippen LogP contribution is -2.08. The minimum Gasteiger partial charge on any atom is -0.379 e. The van der Waals surface area contributed by atoms with Crippen molar-refractivity contribution in [1.29, 1.82) is 0 Å². The molecule has 0 spiro atoms. The van der Waals surface area contributed by atoms with Crippen LogP contribution >= 0.6 is 0 Å². The smallest absolute Gasteiger partial charge is 0.0645 e. The highest BCUT2D eigenvalue weighted by molar-refractivity contribution is 5.80. The molecule has 0 unspecified atom stereocenters. The van der Waals surface area contributed by atoms with Crippen molar-refractivity contribution in [3.8, 4) is 0 Å². The zero-order chi connectivity index (χ0) is 13.7. The van der Waals surface area contributed by atoms with Gasteiger partial charge in [0.2, 0.25) is 0 Å². The second-order valence-corrected chi connectivity index (χ2v) is 5.41. The average molecular weight is 260 g/mol. The van der Waals surface area contributed by atoms with Gasteiger partial charge in [0.05, 0.1) is 6.61 Å². The van der Waals surface area contributed by atoms with Crippen LogP contribution in [-0.4, -0.2) is 24.3 Å². The number of nitrogens with zero attached hydrogens (tertiary/aromatic N) is 1. The molecule has 3 nitrogen and oxygen atoms in total. The van der Waals surface area contributed by atoms with Crippen molar-refractivity contribution in [1.82, 2.24) is 4.57 Å². The topological polar surface area (TPSA) is 40.2 Å². The van der Waals surface area contributed by atoms with Crippen LogP contribution in [0.4, 0.5) is 0 Å². The molecule has 2 rings (SSSR count). The monoisotopic (exact) mass is 260 g/mol. The van der Waals surface area contributed by atoms with Crippen LogP contribution in [0.15, 0.2) is 30.5 Å². The summed E-state index contributed by atoms with van der Waals surface area (Å²) < 4.78 is 7.89. The van der Waals surface area contributed by atoms with Gasteiger partial charge in [-0.1, -0.05) is 19.9 Å². The maximum absolute atomic E-state index is 5.64. The second-order valence-electron chi connectivity index (χ2n) is 5.41. The van der Waals surface area contributed by atoms with E-state index in [1.54, 1.807) is 0 Å². The van der Waals surface area contributed by atoms with Crippen LogP contribution in [0.2, 0.25) is 0 Å². The molecule has 0 radical (unpaired) electrons. The fraction of sp³-hybridized carbons (Fsp3) is 0.500. The standard InChI is InChI=1S/C16H24N2O/c1-13(2)12-19-10-9-18-8-6-15-11-14(5-7-17)3-4-16(15)18/h3-4,6,8,11,13H,5,7,9-10,12,17H2,1-2H3. The molecule has 0 saturated heterocycles. The van der Waals surface area contributed by atoms with E-state index >= 15 is 0 Å². The number of fused-ring (bicyclic) bond motifs is 1. The highest BCUT2D eigenvalue weighted by Crippen LogP contribution is 2.18. The molecule has 0 amide bonds. The van der Waals surface area contributed by atoms with E-state index < -0.39 is 0 Å². The Balaban J connectivity index is 2.00. The molecule has 19 heavy (non-hydrogen) atoms. The molecule has 0 saturated carbocycles. The van der Waals surface area contributed by atoms with Crippen LogP contribution in [0.1, 0.15) is 19.4 Å². The third-order valence-corrected chi connectivity index (χ3v) is 3.20. The third kappa shape index (κ3) is 3.82. The summed E-state index contributed by atoms with van der Waals surface area (Å²) in [7, 11) is 0. The van der Waals surface area contributed by atoms with Gasteiger partial charge in [0, 0.05) is 24.9 Å². The molecule has 1 aromatic heterocycles. The normalized spacial score (nSPS) is 11.6. The summed E-state index contributed by atoms with van der Waals surface area (Å²) in [6.45, 7) is 7.56. The molecule has 0 atom stereocenters. The van der Waals surface area contributed by atoms with Gasteiger partial charge < -0.3 is 15.0 Å². The lowest BCUT2D eigenvalue weighted by molar-refractivity contribution is 0.104. The predicted octanol–water partition coefficient (Wildman–Crippen LogP) is 2.82. The van der Waals surface area contributed by atoms with E-state index in [1.165, 1.54) is 16.5 Å². The van der Waals surface area contributed by atoms with Crippen LogP contribution in [0, 0.1) is 5.92 Å². The first-order chi connectivity index (χ1) is 9.20. The van der Waals surface area contributed by atoms with Gasteiger partial charge in [0.1, 0.15) is 0 Å². The van der Waals surface area contributed by atoms with Gasteiger partial charge in [-0.3, -0.25) is 0 Å². The van der Waals surface area contributed by atoms with Crippen molar-refractivity contribution < 1.29 is 4.74 Å². The number of nitrogens with two attached hydrogens (primary N) is 1. The maximum Gasteiger partial charge on any atom is 0.0645 e. The first-order valence-electron chi connectivity index (χ1n) is 7.06. The molecule has 3 heteroatoms. The summed E-state index contributed by atoms with van der Waals surface area (Å²) in [5.74, 6) is 0.597. The summed E-state index contributed by atoms with van der Waals surface area (Å²) in [4.78, 5) is 0. The van der Waals surface area contributed by atoms with Crippen LogP contribution < -0.4 is 5.73 Å². The van der Waals surface area contributed by atoms with Crippen LogP contribution in [-0.2, 0) is 17.7 Å². The fourth-order valence-electron chi connectivity index (χ4n) is 2.25. The molecule has 1 heterocycles. The summed E-state index contributed by atoms with van der Waals surface area (Å²) in [6.07, 6.45) is 3.08. The average Bonchev–Trinajstić information content (AvgIpc) is 2.77. The number of hydrogen-bond acceptors (Lipinski definition) is 2. The summed E-state index contributed by atoms with van der Waals surface area (Å²) in [5, 5.41) is 1.29. The van der Waals surface area contributed by atoms with Gasteiger partial charge in [0.15, 0.2) is 0 Å². The van der Waals surface area contributed by atoms with Crippen molar-refractivity contribution in [2.24, 2.45) is 11.7 Å². The van der Waals surface area contributed by atoms with Crippen molar-refractivity contribution in [2.45, 2.75) is 26.8 Å². The van der Waals surface area contributed by atoms with E-state index in [-0.39, 0.29) is 0 Å². The van der Waals surface area contributed by atoms with Crippen molar-refractivity contribution in [2.75, 3.05) is 19.8 Å². The summed E-state index contributed by atoms with van der Waals surface area (Å²) >= 11 is 0. The highest BCUT2D eigenvalue weighted by Gasteiger charge is 2.02. The Hall–Kier alpha value is -1.32. The van der Waals surface area contributed by atoms with Gasteiger partial charge in [0.25, 0.3) is 0 Å². The van der Waals surface area contributed by atoms with Gasteiger partial charge in [-0.2, -0.15) is 0 Å². The van der Waals surface area contributed by atoms with Crippen LogP contribution in [0.5, 0.6) is 0 Å². The lowest BCUT2D eigenvalue weighted by Gasteiger charge is -2.09. The fourth-order valence-corrected chi connectivity index (χ4v) is 2.25. The second kappa shape index (κ2) is 6.73. The Bertz CT molecular complexity index is 516. The molecule has 0 aliphatic rings. The molecule has 0 fully saturated rings. The first-order valence-corrected chi connectivity index (χ1v) is 7.06. The van der Waals surface area contributed by atoms with Gasteiger partial charge in [-0.25, -0.2) is 0 Å². The predicted molar refractivity (Wildman–Crippen MR) is 80.4 cm³/mol. The Morgan fingerprint density at radius 2 is 2.11 bits per heavy atom. The Morgan fingerprint density at radius 3 is 2.84 bits per heavy atom. The van der Waals surface area contributed by atoms with E-state index in [4.69, 9.17) is 10.5 Å². The molecule has 0 aliphatic heterocycles. The number of hydrogen-bond donors (Lipinski definition) is 1. The van der Waals surface area contributed by atoms with E-state index in [2.05, 4.69) is 48.9 Å². The molecule has 2 aromatic rings. The van der Waals surface area contributed by atoms with Crippen molar-refractivity contribution in [3.63, 3.8) is 0 Å². The molecule has 0 bridgehead atoms. The van der Waals surface area contributed by atoms with Gasteiger partial charge in [-0.05, 0) is 48.0 Å². The summed E-state index contributed by atoms with van der Waals surface area (Å²) in [5.41, 5.74) is 8.17. The Labute approximate surface area is 115 Å². The molecule has 1 aromatic carbocycles. The largest absolute Gasteiger partial charge is 0.379 e. The highest BCUT2D eigenvalue weighted by atomic mass is 16.5. The lowest BCUT2D eigenvalue weighted by atomic mass is 10.1. The Kier molecular flexibility index (Phi) is 5.00. The number of ether oxygens (including phenoxy) is 1. The molecular formula is C16H24N2O. The van der Waals surface area contributed by atoms with E-state index in [0.717, 1.165) is 26.2 Å². The minimum absolute atomic E-state index is 0.597. The molecular weight excluding hydrogens is 236 g/mol. The zero-order valence-electron chi connectivity index (χ0n) is 11.9. The van der Waals surface area contributed by atoms with Gasteiger partial charge in [-0.15, -0.1) is 0 Å². The molecule has 0 aliphatic carbocycles. The number of benzene rings is 1. The van der Waals surface area contributed by atoms with E-state index in [0.29, 0.717) is 12.5 Å². The van der Waals surface area contributed by atoms with Crippen LogP contribution in [0.25, 0.3) is 10.9 Å². The first kappa shape index (κ1) is 14.1. The van der Waals surface area contributed by atoms with Gasteiger partial charge >= 0.3 is 0 Å². The van der Waals surface area contributed by atoms with Crippen molar-refractivity contribution >= 4 is 10.9 Å². The maximum atomic E-state index is 5.64. The van der Waals surface area contributed by atoms with Crippen molar-refractivity contribution in [3.05, 3.63) is 36.0 Å². The minimum atomic E-state index is 0.597. The molecule has 104 valence electrons. The van der Waals surface area contributed by atoms with Crippen LogP contribution in [0.3, 0.4) is 0 Å². The number of aromatic nitrogens is 1. The quantitative estimate of drug-likeness (QED) is 0.778. The molecule has 2 N–H and O–H groups in total. The number of rotatable bonds is 7. The third-order valence-electron chi connectivity index (χ3n) is 3.20. The Morgan fingerprint density at radius 1 is 1.26 bits per heavy atom.